The maximum Gasteiger partial charge on any atom is 0.210 e. The number of nitrogens with zero attached hydrogens (tertiary/aromatic N) is 4. The van der Waals surface area contributed by atoms with Gasteiger partial charge in [-0.25, -0.2) is 9.37 Å². The smallest absolute Gasteiger partial charge is 0.210 e. The Hall–Kier alpha value is -2.37. The van der Waals surface area contributed by atoms with Gasteiger partial charge in [0.05, 0.1) is 0 Å². The molecule has 0 amide bonds. The van der Waals surface area contributed by atoms with Gasteiger partial charge in [0.2, 0.25) is 5.95 Å². The lowest BCUT2D eigenvalue weighted by Gasteiger charge is -2.35. The molecular weight excluding hydrogens is 363 g/mol. The fourth-order valence-electron chi connectivity index (χ4n) is 3.45. The van der Waals surface area contributed by atoms with E-state index in [9.17, 15) is 4.39 Å². The largest absolute Gasteiger partial charge is 0.339 e. The van der Waals surface area contributed by atoms with Gasteiger partial charge in [-0.1, -0.05) is 35.4 Å². The Kier molecular flexibility index (Phi) is 5.14. The van der Waals surface area contributed by atoms with Crippen LogP contribution in [0.4, 0.5) is 10.3 Å². The molecule has 140 valence electrons. The predicted molar refractivity (Wildman–Crippen MR) is 107 cm³/mol. The number of benzene rings is 2. The molecule has 1 aliphatic rings. The van der Waals surface area contributed by atoms with Gasteiger partial charge in [0.25, 0.3) is 0 Å². The molecule has 1 aliphatic heterocycles. The summed E-state index contributed by atoms with van der Waals surface area (Å²) in [6, 6.07) is 13.3. The quantitative estimate of drug-likeness (QED) is 0.670. The number of imidazole rings is 1. The zero-order chi connectivity index (χ0) is 18.8. The second-order valence-electron chi connectivity index (χ2n) is 6.90. The maximum absolute atomic E-state index is 14.0. The molecule has 0 bridgehead atoms. The molecule has 4 rings (SSSR count). The van der Waals surface area contributed by atoms with Crippen molar-refractivity contribution in [3.63, 3.8) is 0 Å². The molecule has 1 saturated heterocycles. The molecule has 4 nitrogen and oxygen atoms in total. The lowest BCUT2D eigenvalue weighted by molar-refractivity contribution is 0.245. The molecule has 0 saturated carbocycles. The minimum atomic E-state index is -0.236. The molecule has 0 spiro atoms. The van der Waals surface area contributed by atoms with Crippen LogP contribution in [-0.4, -0.2) is 40.6 Å². The van der Waals surface area contributed by atoms with Gasteiger partial charge in [-0.05, 0) is 31.2 Å². The van der Waals surface area contributed by atoms with Crippen molar-refractivity contribution < 1.29 is 4.39 Å². The highest BCUT2D eigenvalue weighted by Gasteiger charge is 2.22. The molecule has 0 unspecified atom stereocenters. The first kappa shape index (κ1) is 18.0. The average Bonchev–Trinajstić information content (AvgIpc) is 3.16. The van der Waals surface area contributed by atoms with Crippen molar-refractivity contribution >= 4 is 17.5 Å². The normalized spacial score (nSPS) is 15.3. The van der Waals surface area contributed by atoms with Gasteiger partial charge in [-0.15, -0.1) is 0 Å². The average molecular weight is 385 g/mol. The lowest BCUT2D eigenvalue weighted by Crippen LogP contribution is -2.46. The highest BCUT2D eigenvalue weighted by molar-refractivity contribution is 6.31. The number of hydrogen-bond acceptors (Lipinski definition) is 3. The van der Waals surface area contributed by atoms with Crippen molar-refractivity contribution in [2.24, 2.45) is 0 Å². The van der Waals surface area contributed by atoms with Crippen LogP contribution in [0.3, 0.4) is 0 Å². The van der Waals surface area contributed by atoms with E-state index in [1.807, 2.05) is 12.4 Å². The Morgan fingerprint density at radius 3 is 2.48 bits per heavy atom. The van der Waals surface area contributed by atoms with Gasteiger partial charge in [0.1, 0.15) is 5.82 Å². The number of halogens is 2. The summed E-state index contributed by atoms with van der Waals surface area (Å²) >= 11 is 6.17. The first-order chi connectivity index (χ1) is 13.1. The lowest BCUT2D eigenvalue weighted by atomic mass is 10.2. The van der Waals surface area contributed by atoms with E-state index in [0.717, 1.165) is 37.8 Å². The van der Waals surface area contributed by atoms with Gasteiger partial charge in [0, 0.05) is 61.4 Å². The van der Waals surface area contributed by atoms with Crippen molar-refractivity contribution in [3.8, 4) is 5.69 Å². The summed E-state index contributed by atoms with van der Waals surface area (Å²) in [6.07, 6.45) is 3.83. The van der Waals surface area contributed by atoms with Crippen LogP contribution in [0.2, 0.25) is 5.02 Å². The summed E-state index contributed by atoms with van der Waals surface area (Å²) in [5.74, 6) is 0.710. The molecular formula is C21H22ClFN4. The minimum absolute atomic E-state index is 0.236. The number of aryl methyl sites for hydroxylation is 1. The van der Waals surface area contributed by atoms with Crippen molar-refractivity contribution in [2.45, 2.75) is 13.5 Å². The molecule has 1 aromatic heterocycles. The van der Waals surface area contributed by atoms with Gasteiger partial charge in [0.15, 0.2) is 0 Å². The highest BCUT2D eigenvalue weighted by Crippen LogP contribution is 2.23. The van der Waals surface area contributed by atoms with Gasteiger partial charge in [-0.3, -0.25) is 9.47 Å². The molecule has 2 heterocycles. The molecule has 0 aliphatic carbocycles. The Morgan fingerprint density at radius 1 is 1.04 bits per heavy atom. The molecule has 2 aromatic carbocycles. The van der Waals surface area contributed by atoms with E-state index in [2.05, 4.69) is 50.5 Å². The zero-order valence-corrected chi connectivity index (χ0v) is 16.0. The van der Waals surface area contributed by atoms with E-state index < -0.39 is 0 Å². The van der Waals surface area contributed by atoms with E-state index in [4.69, 9.17) is 11.6 Å². The Labute approximate surface area is 163 Å². The summed E-state index contributed by atoms with van der Waals surface area (Å²) in [4.78, 5) is 9.08. The van der Waals surface area contributed by atoms with Crippen molar-refractivity contribution in [2.75, 3.05) is 31.1 Å². The number of anilines is 1. The summed E-state index contributed by atoms with van der Waals surface area (Å²) in [7, 11) is 0. The third-order valence-electron chi connectivity index (χ3n) is 5.03. The molecule has 27 heavy (non-hydrogen) atoms. The first-order valence-electron chi connectivity index (χ1n) is 9.12. The maximum atomic E-state index is 14.0. The standard InChI is InChI=1S/C21H22ClFN4/c1-16-5-7-17(8-6-16)27-10-9-24-21(27)26-13-11-25(12-14-26)15-18-19(22)3-2-4-20(18)23/h2-10H,11-15H2,1H3. The number of hydrogen-bond donors (Lipinski definition) is 0. The summed E-state index contributed by atoms with van der Waals surface area (Å²) in [5.41, 5.74) is 2.92. The zero-order valence-electron chi connectivity index (χ0n) is 15.3. The van der Waals surface area contributed by atoms with Gasteiger partial charge in [-0.2, -0.15) is 0 Å². The molecule has 1 fully saturated rings. The molecule has 0 atom stereocenters. The van der Waals surface area contributed by atoms with Crippen LogP contribution >= 0.6 is 11.6 Å². The van der Waals surface area contributed by atoms with Crippen LogP contribution in [0.25, 0.3) is 5.69 Å². The highest BCUT2D eigenvalue weighted by atomic mass is 35.5. The summed E-state index contributed by atoms with van der Waals surface area (Å²) < 4.78 is 16.2. The topological polar surface area (TPSA) is 24.3 Å². The Morgan fingerprint density at radius 2 is 1.78 bits per heavy atom. The van der Waals surface area contributed by atoms with E-state index >= 15 is 0 Å². The SMILES string of the molecule is Cc1ccc(-n2ccnc2N2CCN(Cc3c(F)cccc3Cl)CC2)cc1. The van der Waals surface area contributed by atoms with E-state index in [-0.39, 0.29) is 5.82 Å². The molecule has 0 N–H and O–H groups in total. The predicted octanol–water partition coefficient (Wildman–Crippen LogP) is 4.30. The van der Waals surface area contributed by atoms with E-state index in [1.165, 1.54) is 11.6 Å². The third-order valence-corrected chi connectivity index (χ3v) is 5.39. The first-order valence-corrected chi connectivity index (χ1v) is 9.50. The fourth-order valence-corrected chi connectivity index (χ4v) is 3.67. The summed E-state index contributed by atoms with van der Waals surface area (Å²) in [5, 5.41) is 0.493. The van der Waals surface area contributed by atoms with Crippen LogP contribution < -0.4 is 4.90 Å². The second kappa shape index (κ2) is 7.71. The second-order valence-corrected chi connectivity index (χ2v) is 7.30. The Bertz CT molecular complexity index is 894. The van der Waals surface area contributed by atoms with Crippen molar-refractivity contribution in [1.29, 1.82) is 0 Å². The number of rotatable bonds is 4. The van der Waals surface area contributed by atoms with Crippen molar-refractivity contribution in [3.05, 3.63) is 76.8 Å². The Balaban J connectivity index is 1.44. The van der Waals surface area contributed by atoms with Crippen molar-refractivity contribution in [1.82, 2.24) is 14.5 Å². The van der Waals surface area contributed by atoms with E-state index in [1.54, 1.807) is 12.1 Å². The van der Waals surface area contributed by atoms with Crippen LogP contribution in [0.15, 0.2) is 54.9 Å². The number of piperazine rings is 1. The van der Waals surface area contributed by atoms with E-state index in [0.29, 0.717) is 17.1 Å². The van der Waals surface area contributed by atoms with Crippen LogP contribution in [0.1, 0.15) is 11.1 Å². The summed E-state index contributed by atoms with van der Waals surface area (Å²) in [6.45, 7) is 5.98. The van der Waals surface area contributed by atoms with Crippen LogP contribution in [0.5, 0.6) is 0 Å². The minimum Gasteiger partial charge on any atom is -0.339 e. The van der Waals surface area contributed by atoms with Crippen LogP contribution in [0, 0.1) is 12.7 Å². The third kappa shape index (κ3) is 3.84. The van der Waals surface area contributed by atoms with Gasteiger partial charge >= 0.3 is 0 Å². The molecule has 0 radical (unpaired) electrons. The molecule has 6 heteroatoms. The van der Waals surface area contributed by atoms with Crippen LogP contribution in [-0.2, 0) is 6.54 Å². The number of aromatic nitrogens is 2. The monoisotopic (exact) mass is 384 g/mol. The van der Waals surface area contributed by atoms with Gasteiger partial charge < -0.3 is 4.90 Å². The fraction of sp³-hybridized carbons (Fsp3) is 0.286. The molecule has 3 aromatic rings.